The molecule has 1 fully saturated rings. The maximum Gasteiger partial charge on any atom is 0.222 e. The highest BCUT2D eigenvalue weighted by Gasteiger charge is 2.20. The van der Waals surface area contributed by atoms with Crippen LogP contribution >= 0.6 is 0 Å². The number of para-hydroxylation sites is 1. The predicted molar refractivity (Wildman–Crippen MR) is 104 cm³/mol. The Morgan fingerprint density at radius 3 is 2.35 bits per heavy atom. The van der Waals surface area contributed by atoms with E-state index >= 15 is 0 Å². The summed E-state index contributed by atoms with van der Waals surface area (Å²) in [5.74, 6) is 1.24. The fourth-order valence-corrected chi connectivity index (χ4v) is 3.46. The number of benzene rings is 2. The molecule has 0 aromatic heterocycles. The van der Waals surface area contributed by atoms with Gasteiger partial charge in [-0.2, -0.15) is 0 Å². The van der Waals surface area contributed by atoms with Gasteiger partial charge in [-0.05, 0) is 30.0 Å². The van der Waals surface area contributed by atoms with Crippen molar-refractivity contribution in [2.24, 2.45) is 0 Å². The minimum atomic E-state index is 0.276. The molecule has 2 aromatic carbocycles. The van der Waals surface area contributed by atoms with Crippen LogP contribution < -0.4 is 4.74 Å². The lowest BCUT2D eigenvalue weighted by atomic mass is 10.1. The van der Waals surface area contributed by atoms with E-state index in [0.717, 1.165) is 51.3 Å². The highest BCUT2D eigenvalue weighted by Crippen LogP contribution is 2.18. The molecule has 0 saturated carbocycles. The van der Waals surface area contributed by atoms with E-state index in [1.807, 2.05) is 35.2 Å². The quantitative estimate of drug-likeness (QED) is 0.768. The Labute approximate surface area is 156 Å². The van der Waals surface area contributed by atoms with Crippen LogP contribution in [0.5, 0.6) is 5.75 Å². The molecule has 4 nitrogen and oxygen atoms in total. The first-order valence-electron chi connectivity index (χ1n) is 9.42. The summed E-state index contributed by atoms with van der Waals surface area (Å²) in [5.41, 5.74) is 2.48. The van der Waals surface area contributed by atoms with Gasteiger partial charge in [0.2, 0.25) is 5.91 Å². The van der Waals surface area contributed by atoms with Gasteiger partial charge in [0, 0.05) is 39.1 Å². The third kappa shape index (κ3) is 5.09. The van der Waals surface area contributed by atoms with Crippen molar-refractivity contribution in [1.82, 2.24) is 9.80 Å². The molecule has 0 atom stereocenters. The molecule has 1 aliphatic heterocycles. The molecule has 1 amide bonds. The van der Waals surface area contributed by atoms with Crippen molar-refractivity contribution < 1.29 is 9.53 Å². The van der Waals surface area contributed by atoms with Crippen LogP contribution in [0.3, 0.4) is 0 Å². The maximum atomic E-state index is 12.4. The van der Waals surface area contributed by atoms with Crippen molar-refractivity contribution >= 4 is 5.91 Å². The third-order valence-corrected chi connectivity index (χ3v) is 5.09. The zero-order valence-electron chi connectivity index (χ0n) is 15.6. The average Bonchev–Trinajstić information content (AvgIpc) is 2.72. The molecule has 1 aliphatic rings. The first kappa shape index (κ1) is 18.5. The highest BCUT2D eigenvalue weighted by atomic mass is 16.5. The molecular formula is C22H28N2O2. The van der Waals surface area contributed by atoms with Crippen LogP contribution in [-0.4, -0.2) is 55.5 Å². The Morgan fingerprint density at radius 1 is 0.923 bits per heavy atom. The van der Waals surface area contributed by atoms with Crippen molar-refractivity contribution in [3.8, 4) is 5.75 Å². The lowest BCUT2D eigenvalue weighted by Gasteiger charge is -2.35. The van der Waals surface area contributed by atoms with Crippen molar-refractivity contribution in [1.29, 1.82) is 0 Å². The molecule has 4 heteroatoms. The van der Waals surface area contributed by atoms with Crippen molar-refractivity contribution in [3.63, 3.8) is 0 Å². The van der Waals surface area contributed by atoms with E-state index in [4.69, 9.17) is 4.74 Å². The van der Waals surface area contributed by atoms with Crippen LogP contribution in [0.15, 0.2) is 54.6 Å². The molecule has 1 saturated heterocycles. The number of carbonyl (C=O) groups excluding carboxylic acids is 1. The normalized spacial score (nSPS) is 15.0. The molecule has 0 aliphatic carbocycles. The summed E-state index contributed by atoms with van der Waals surface area (Å²) in [6.07, 6.45) is 2.41. The average molecular weight is 352 g/mol. The van der Waals surface area contributed by atoms with E-state index in [-0.39, 0.29) is 5.91 Å². The summed E-state index contributed by atoms with van der Waals surface area (Å²) in [6.45, 7) is 4.57. The first-order valence-corrected chi connectivity index (χ1v) is 9.42. The van der Waals surface area contributed by atoms with Crippen LogP contribution in [0.4, 0.5) is 0 Å². The molecule has 0 spiro atoms. The minimum absolute atomic E-state index is 0.276. The second kappa shape index (κ2) is 9.39. The number of nitrogens with zero attached hydrogens (tertiary/aromatic N) is 2. The SMILES string of the molecule is COc1ccccc1CCN1CCN(C(=O)CCc2ccccc2)CC1. The van der Waals surface area contributed by atoms with Gasteiger partial charge in [-0.3, -0.25) is 9.69 Å². The fourth-order valence-electron chi connectivity index (χ4n) is 3.46. The van der Waals surface area contributed by atoms with E-state index < -0.39 is 0 Å². The molecular weight excluding hydrogens is 324 g/mol. The van der Waals surface area contributed by atoms with Gasteiger partial charge in [0.05, 0.1) is 7.11 Å². The zero-order valence-corrected chi connectivity index (χ0v) is 15.6. The van der Waals surface area contributed by atoms with Crippen LogP contribution in [-0.2, 0) is 17.6 Å². The Balaban J connectivity index is 1.40. The number of piperazine rings is 1. The van der Waals surface area contributed by atoms with Crippen LogP contribution in [0.2, 0.25) is 0 Å². The Hall–Kier alpha value is -2.33. The van der Waals surface area contributed by atoms with Crippen molar-refractivity contribution in [2.45, 2.75) is 19.3 Å². The van der Waals surface area contributed by atoms with E-state index in [0.29, 0.717) is 6.42 Å². The molecule has 2 aromatic rings. The van der Waals surface area contributed by atoms with Gasteiger partial charge in [-0.25, -0.2) is 0 Å². The van der Waals surface area contributed by atoms with Crippen LogP contribution in [0.1, 0.15) is 17.5 Å². The monoisotopic (exact) mass is 352 g/mol. The molecule has 1 heterocycles. The number of hydrogen-bond acceptors (Lipinski definition) is 3. The Kier molecular flexibility index (Phi) is 6.67. The second-order valence-corrected chi connectivity index (χ2v) is 6.77. The molecule has 0 radical (unpaired) electrons. The van der Waals surface area contributed by atoms with Gasteiger partial charge in [-0.15, -0.1) is 0 Å². The first-order chi connectivity index (χ1) is 12.8. The van der Waals surface area contributed by atoms with Crippen molar-refractivity contribution in [2.75, 3.05) is 39.8 Å². The highest BCUT2D eigenvalue weighted by molar-refractivity contribution is 5.76. The summed E-state index contributed by atoms with van der Waals surface area (Å²) in [5, 5.41) is 0. The standard InChI is InChI=1S/C22H28N2O2/c1-26-21-10-6-5-9-20(21)13-14-23-15-17-24(18-16-23)22(25)12-11-19-7-3-2-4-8-19/h2-10H,11-18H2,1H3. The number of rotatable bonds is 7. The topological polar surface area (TPSA) is 32.8 Å². The number of aryl methyl sites for hydroxylation is 1. The zero-order chi connectivity index (χ0) is 18.2. The second-order valence-electron chi connectivity index (χ2n) is 6.77. The van der Waals surface area contributed by atoms with Gasteiger partial charge in [0.25, 0.3) is 0 Å². The van der Waals surface area contributed by atoms with Gasteiger partial charge in [0.1, 0.15) is 5.75 Å². The number of carbonyl (C=O) groups is 1. The number of ether oxygens (including phenoxy) is 1. The van der Waals surface area contributed by atoms with Gasteiger partial charge < -0.3 is 9.64 Å². The minimum Gasteiger partial charge on any atom is -0.496 e. The summed E-state index contributed by atoms with van der Waals surface area (Å²) < 4.78 is 5.43. The number of methoxy groups -OCH3 is 1. The smallest absolute Gasteiger partial charge is 0.222 e. The van der Waals surface area contributed by atoms with Crippen LogP contribution in [0, 0.1) is 0 Å². The van der Waals surface area contributed by atoms with E-state index in [2.05, 4.69) is 29.2 Å². The molecule has 26 heavy (non-hydrogen) atoms. The summed E-state index contributed by atoms with van der Waals surface area (Å²) in [6, 6.07) is 18.4. The lowest BCUT2D eigenvalue weighted by molar-refractivity contribution is -0.132. The predicted octanol–water partition coefficient (Wildman–Crippen LogP) is 3.01. The molecule has 0 N–H and O–H groups in total. The number of hydrogen-bond donors (Lipinski definition) is 0. The van der Waals surface area contributed by atoms with Gasteiger partial charge in [-0.1, -0.05) is 48.5 Å². The van der Waals surface area contributed by atoms with E-state index in [9.17, 15) is 4.79 Å². The van der Waals surface area contributed by atoms with E-state index in [1.54, 1.807) is 7.11 Å². The third-order valence-electron chi connectivity index (χ3n) is 5.09. The Morgan fingerprint density at radius 2 is 1.62 bits per heavy atom. The van der Waals surface area contributed by atoms with Crippen LogP contribution in [0.25, 0.3) is 0 Å². The van der Waals surface area contributed by atoms with Crippen molar-refractivity contribution in [3.05, 3.63) is 65.7 Å². The molecule has 0 unspecified atom stereocenters. The maximum absolute atomic E-state index is 12.4. The summed E-state index contributed by atoms with van der Waals surface area (Å²) >= 11 is 0. The van der Waals surface area contributed by atoms with E-state index in [1.165, 1.54) is 11.1 Å². The fraction of sp³-hybridized carbons (Fsp3) is 0.409. The van der Waals surface area contributed by atoms with Gasteiger partial charge in [0.15, 0.2) is 0 Å². The Bertz CT molecular complexity index is 694. The largest absolute Gasteiger partial charge is 0.496 e. The summed E-state index contributed by atoms with van der Waals surface area (Å²) in [4.78, 5) is 16.9. The molecule has 138 valence electrons. The summed E-state index contributed by atoms with van der Waals surface area (Å²) in [7, 11) is 1.72. The lowest BCUT2D eigenvalue weighted by Crippen LogP contribution is -2.49. The number of amides is 1. The molecule has 3 rings (SSSR count). The van der Waals surface area contributed by atoms with Gasteiger partial charge >= 0.3 is 0 Å². The molecule has 0 bridgehead atoms.